The van der Waals surface area contributed by atoms with Crippen LogP contribution in [0.2, 0.25) is 0 Å². The van der Waals surface area contributed by atoms with Crippen molar-refractivity contribution in [1.29, 1.82) is 5.16 Å². The van der Waals surface area contributed by atoms with E-state index >= 15 is 0 Å². The highest BCUT2D eigenvalue weighted by atomic mass is 31.1. The maximum absolute atomic E-state index is 14.5. The SMILES string of the molecule is CC(C)CC1NC(=O)C(Cc2ccccc2)NC(=O)C(CCNP)CC(=O)C(NC(=O)C(CCNP)NC(=O)C(N)C(C)O)CCNC(=O)C(C(C)O)CC(=O)C(CCP=N)NC(=O)C(CCNP)CC1=O. The van der Waals surface area contributed by atoms with Crippen LogP contribution in [0.5, 0.6) is 0 Å². The van der Waals surface area contributed by atoms with Crippen LogP contribution in [0.1, 0.15) is 91.0 Å². The van der Waals surface area contributed by atoms with Crippen molar-refractivity contribution < 1.29 is 53.4 Å². The van der Waals surface area contributed by atoms with Crippen LogP contribution in [-0.4, -0.2) is 144 Å². The second-order valence-electron chi connectivity index (χ2n) is 18.6. The molecule has 2 rings (SSSR count). The summed E-state index contributed by atoms with van der Waals surface area (Å²) in [4.78, 5) is 127. The van der Waals surface area contributed by atoms with Crippen LogP contribution in [0.4, 0.5) is 0 Å². The third-order valence-corrected chi connectivity index (χ3v) is 13.6. The first-order valence-corrected chi connectivity index (χ1v) is 27.2. The molecule has 1 fully saturated rings. The summed E-state index contributed by atoms with van der Waals surface area (Å²) in [6, 6.07) is 1.23. The van der Waals surface area contributed by atoms with Crippen molar-refractivity contribution in [2.24, 2.45) is 29.4 Å². The first kappa shape index (κ1) is 64.3. The van der Waals surface area contributed by atoms with E-state index in [1.54, 1.807) is 30.3 Å². The number of amides is 6. The zero-order valence-electron chi connectivity index (χ0n) is 41.7. The van der Waals surface area contributed by atoms with Crippen LogP contribution in [0.3, 0.4) is 0 Å². The quantitative estimate of drug-likeness (QED) is 0.0648. The Balaban J connectivity index is 2.81. The summed E-state index contributed by atoms with van der Waals surface area (Å²) in [5.74, 6) is -9.71. The summed E-state index contributed by atoms with van der Waals surface area (Å²) < 4.78 is 0. The average Bonchev–Trinajstić information content (AvgIpc) is 3.33. The molecule has 0 saturated carbocycles. The third-order valence-electron chi connectivity index (χ3n) is 12.3. The van der Waals surface area contributed by atoms with Crippen LogP contribution in [0.25, 0.3) is 0 Å². The number of rotatable bonds is 22. The number of aliphatic hydroxyl groups is 2. The summed E-state index contributed by atoms with van der Waals surface area (Å²) in [5.41, 5.74) is 6.53. The maximum atomic E-state index is 14.5. The summed E-state index contributed by atoms with van der Waals surface area (Å²) in [7, 11) is 7.09. The molecule has 22 nitrogen and oxygen atoms in total. The van der Waals surface area contributed by atoms with Gasteiger partial charge in [-0.1, -0.05) is 72.4 Å². The maximum Gasteiger partial charge on any atom is 0.243 e. The minimum absolute atomic E-state index is 0.00721. The van der Waals surface area contributed by atoms with Crippen LogP contribution in [-0.2, 0) is 49.6 Å². The molecule has 1 aromatic rings. The van der Waals surface area contributed by atoms with Crippen molar-refractivity contribution in [3.63, 3.8) is 0 Å². The van der Waals surface area contributed by atoms with E-state index in [9.17, 15) is 53.4 Å². The number of nitrogens with two attached hydrogens (primary N) is 1. The van der Waals surface area contributed by atoms with E-state index in [0.717, 1.165) is 0 Å². The Labute approximate surface area is 431 Å². The molecule has 404 valence electrons. The molecule has 0 aromatic heterocycles. The molecule has 6 amide bonds. The fourth-order valence-corrected chi connectivity index (χ4v) is 8.87. The number of hydrogen-bond acceptors (Lipinski definition) is 16. The van der Waals surface area contributed by atoms with Crippen molar-refractivity contribution in [1.82, 2.24) is 47.2 Å². The molecule has 1 heterocycles. The Morgan fingerprint density at radius 1 is 0.736 bits per heavy atom. The van der Waals surface area contributed by atoms with Gasteiger partial charge in [0, 0.05) is 56.8 Å². The molecule has 0 aliphatic carbocycles. The number of carbonyl (C=O) groups excluding carboxylic acids is 9. The van der Waals surface area contributed by atoms with Gasteiger partial charge < -0.3 is 63.1 Å². The normalized spacial score (nSPS) is 24.5. The summed E-state index contributed by atoms with van der Waals surface area (Å²) in [6.07, 6.45) is -3.65. The number of carbonyl (C=O) groups is 9. The molecule has 0 spiro atoms. The Morgan fingerprint density at radius 2 is 1.29 bits per heavy atom. The zero-order chi connectivity index (χ0) is 53.9. The standard InChI is InChI=1S/C46H79N11O11P4/c1-25(2)20-35-38(61)23-30(11-17-51-70)41(63)53-33(14-19-72-48)39(62)24-31(26(3)58)43(65)49-15-12-32(54-44(66)34(13-18-52-71)55-46(68)40(47)27(4)59)37(60)22-29(10-16-50-69)42(64)57-36(45(67)56-35)21-28-8-6-5-7-9-28/h5-9,25-27,29-36,40,48,50-52,58-59H,10-24,47,69-71H2,1-4H3,(H,49,65)(H,53,63)(H,54,66)(H,55,68)(H,56,67)(H,57,64). The number of Topliss-reactive ketones (excluding diaryl/α,β-unsaturated/α-hetero) is 3. The second kappa shape index (κ2) is 34.6. The lowest BCUT2D eigenvalue weighted by Gasteiger charge is -2.28. The van der Waals surface area contributed by atoms with Crippen molar-refractivity contribution in [2.75, 3.05) is 32.3 Å². The van der Waals surface area contributed by atoms with Gasteiger partial charge in [0.25, 0.3) is 0 Å². The predicted molar refractivity (Wildman–Crippen MR) is 284 cm³/mol. The van der Waals surface area contributed by atoms with Crippen LogP contribution < -0.4 is 52.9 Å². The minimum Gasteiger partial charge on any atom is -0.393 e. The van der Waals surface area contributed by atoms with E-state index < -0.39 is 132 Å². The van der Waals surface area contributed by atoms with Gasteiger partial charge in [0.2, 0.25) is 35.4 Å². The highest BCUT2D eigenvalue weighted by molar-refractivity contribution is 7.25. The second-order valence-corrected chi connectivity index (χ2v) is 20.6. The van der Waals surface area contributed by atoms with E-state index in [-0.39, 0.29) is 98.0 Å². The van der Waals surface area contributed by atoms with Gasteiger partial charge in [0.05, 0.1) is 36.3 Å². The fourth-order valence-electron chi connectivity index (χ4n) is 7.98. The molecule has 26 heteroatoms. The molecule has 14 atom stereocenters. The lowest BCUT2D eigenvalue weighted by molar-refractivity contribution is -0.136. The first-order valence-electron chi connectivity index (χ1n) is 24.3. The van der Waals surface area contributed by atoms with E-state index in [0.29, 0.717) is 5.56 Å². The number of nitrogens with one attached hydrogen (secondary N) is 10. The van der Waals surface area contributed by atoms with E-state index in [2.05, 4.69) is 75.3 Å². The van der Waals surface area contributed by atoms with Gasteiger partial charge in [-0.3, -0.25) is 48.3 Å². The molecule has 72 heavy (non-hydrogen) atoms. The van der Waals surface area contributed by atoms with E-state index in [1.807, 2.05) is 13.8 Å². The highest BCUT2D eigenvalue weighted by Gasteiger charge is 2.37. The summed E-state index contributed by atoms with van der Waals surface area (Å²) >= 11 is 0. The average molecular weight is 1090 g/mol. The molecular weight excluding hydrogens is 1010 g/mol. The third kappa shape index (κ3) is 23.2. The molecule has 14 unspecified atom stereocenters. The topological polar surface area (TPSA) is 352 Å². The molecule has 0 bridgehead atoms. The van der Waals surface area contributed by atoms with Crippen LogP contribution in [0.15, 0.2) is 30.3 Å². The molecule has 1 aromatic carbocycles. The van der Waals surface area contributed by atoms with Crippen molar-refractivity contribution in [3.8, 4) is 0 Å². The lowest BCUT2D eigenvalue weighted by Crippen LogP contribution is -2.57. The Bertz CT molecular complexity index is 1960. The summed E-state index contributed by atoms with van der Waals surface area (Å²) in [6.45, 7) is 6.74. The Hall–Kier alpha value is -3.80. The van der Waals surface area contributed by atoms with Crippen molar-refractivity contribution in [2.45, 2.75) is 140 Å². The summed E-state index contributed by atoms with van der Waals surface area (Å²) in [5, 5.41) is 53.4. The zero-order valence-corrected chi connectivity index (χ0v) is 46.1. The molecule has 14 N–H and O–H groups in total. The number of hydrogen-bond donors (Lipinski definition) is 13. The van der Waals surface area contributed by atoms with Crippen molar-refractivity contribution in [3.05, 3.63) is 35.9 Å². The monoisotopic (exact) mass is 1090 g/mol. The van der Waals surface area contributed by atoms with Crippen LogP contribution >= 0.6 is 36.5 Å². The molecule has 1 aliphatic rings. The van der Waals surface area contributed by atoms with Crippen LogP contribution in [0, 0.1) is 28.8 Å². The van der Waals surface area contributed by atoms with Gasteiger partial charge in [-0.05, 0) is 85.3 Å². The smallest absolute Gasteiger partial charge is 0.243 e. The van der Waals surface area contributed by atoms with Gasteiger partial charge in [-0.25, -0.2) is 0 Å². The number of benzene rings is 1. The lowest BCUT2D eigenvalue weighted by atomic mass is 9.89. The molecular formula is C46H79N11O11P4. The van der Waals surface area contributed by atoms with Crippen molar-refractivity contribution >= 4 is 89.3 Å². The number of ketones is 3. The minimum atomic E-state index is -1.40. The van der Waals surface area contributed by atoms with E-state index in [4.69, 9.17) is 10.9 Å². The first-order chi connectivity index (χ1) is 34.2. The van der Waals surface area contributed by atoms with Gasteiger partial charge in [0.15, 0.2) is 17.3 Å². The largest absolute Gasteiger partial charge is 0.393 e. The molecule has 1 aliphatic heterocycles. The molecule has 1 saturated heterocycles. The number of aliphatic hydroxyl groups excluding tert-OH is 2. The van der Waals surface area contributed by atoms with Gasteiger partial charge >= 0.3 is 0 Å². The Kier molecular flexibility index (Phi) is 30.9. The predicted octanol–water partition coefficient (Wildman–Crippen LogP) is -0.558. The molecule has 0 radical (unpaired) electrons. The van der Waals surface area contributed by atoms with Gasteiger partial charge in [0.1, 0.15) is 18.1 Å². The Morgan fingerprint density at radius 3 is 1.83 bits per heavy atom. The van der Waals surface area contributed by atoms with Gasteiger partial charge in [-0.2, -0.15) is 0 Å². The van der Waals surface area contributed by atoms with E-state index in [1.165, 1.54) is 13.8 Å². The fraction of sp³-hybridized carbons (Fsp3) is 0.674. The highest BCUT2D eigenvalue weighted by Crippen LogP contribution is 2.20. The van der Waals surface area contributed by atoms with Gasteiger partial charge in [-0.15, -0.1) is 0 Å².